The van der Waals surface area contributed by atoms with Gasteiger partial charge < -0.3 is 9.55 Å². The summed E-state index contributed by atoms with van der Waals surface area (Å²) < 4.78 is 29.2. The second kappa shape index (κ2) is 5.83. The van der Waals surface area contributed by atoms with E-state index in [0.717, 1.165) is 29.2 Å². The molecule has 1 N–H and O–H groups in total. The van der Waals surface area contributed by atoms with Crippen molar-refractivity contribution in [3.05, 3.63) is 71.8 Å². The summed E-state index contributed by atoms with van der Waals surface area (Å²) in [6.45, 7) is 0.307. The third-order valence-corrected chi connectivity index (χ3v) is 3.86. The number of nitrogens with zero attached hydrogens (tertiary/aromatic N) is 4. The van der Waals surface area contributed by atoms with Crippen LogP contribution in [0.3, 0.4) is 0 Å². The van der Waals surface area contributed by atoms with Crippen LogP contribution in [0.2, 0.25) is 0 Å². The van der Waals surface area contributed by atoms with E-state index in [2.05, 4.69) is 21.0 Å². The molecule has 4 aromatic rings. The van der Waals surface area contributed by atoms with Crippen molar-refractivity contribution in [2.75, 3.05) is 0 Å². The Balaban J connectivity index is 1.72. The van der Waals surface area contributed by atoms with Crippen LogP contribution in [-0.4, -0.2) is 19.5 Å². The molecule has 0 saturated carbocycles. The molecule has 2 aromatic carbocycles. The fraction of sp³-hybridized carbons (Fsp3) is 0.0556. The second-order valence-corrected chi connectivity index (χ2v) is 5.53. The molecule has 122 valence electrons. The van der Waals surface area contributed by atoms with Gasteiger partial charge in [0.15, 0.2) is 0 Å². The van der Waals surface area contributed by atoms with Crippen molar-refractivity contribution in [3.63, 3.8) is 0 Å². The smallest absolute Gasteiger partial charge is 0.143 e. The van der Waals surface area contributed by atoms with Crippen molar-refractivity contribution in [2.24, 2.45) is 0 Å². The molecule has 0 atom stereocenters. The summed E-state index contributed by atoms with van der Waals surface area (Å²) in [5, 5.41) is 8.96. The van der Waals surface area contributed by atoms with Gasteiger partial charge in [0.1, 0.15) is 23.3 Å². The van der Waals surface area contributed by atoms with Crippen LogP contribution in [0.5, 0.6) is 0 Å². The van der Waals surface area contributed by atoms with Crippen molar-refractivity contribution >= 4 is 11.0 Å². The highest BCUT2D eigenvalue weighted by atomic mass is 19.1. The van der Waals surface area contributed by atoms with E-state index in [1.165, 1.54) is 6.20 Å². The monoisotopic (exact) mass is 335 g/mol. The van der Waals surface area contributed by atoms with Crippen LogP contribution in [0.4, 0.5) is 8.78 Å². The SMILES string of the molecule is N#Cc1ccc2nc(Cn3ccnc3-c3cc(F)ccc3F)[nH]c2c1. The number of rotatable bonds is 3. The number of hydrogen-bond acceptors (Lipinski definition) is 3. The number of imidazole rings is 2. The molecule has 0 fully saturated rings. The molecule has 0 unspecified atom stereocenters. The van der Waals surface area contributed by atoms with E-state index < -0.39 is 11.6 Å². The highest BCUT2D eigenvalue weighted by Gasteiger charge is 2.14. The molecule has 0 radical (unpaired) electrons. The number of hydrogen-bond donors (Lipinski definition) is 1. The molecule has 2 heterocycles. The molecule has 4 rings (SSSR count). The zero-order valence-electron chi connectivity index (χ0n) is 12.9. The first-order valence-electron chi connectivity index (χ1n) is 7.49. The Bertz CT molecular complexity index is 1120. The van der Waals surface area contributed by atoms with Gasteiger partial charge >= 0.3 is 0 Å². The van der Waals surface area contributed by atoms with Gasteiger partial charge in [0, 0.05) is 12.4 Å². The van der Waals surface area contributed by atoms with Crippen molar-refractivity contribution in [3.8, 4) is 17.5 Å². The summed E-state index contributed by atoms with van der Waals surface area (Å²) in [5.74, 6) is -0.132. The second-order valence-electron chi connectivity index (χ2n) is 5.53. The zero-order chi connectivity index (χ0) is 17.4. The Labute approximate surface area is 141 Å². The van der Waals surface area contributed by atoms with Gasteiger partial charge in [0.2, 0.25) is 0 Å². The lowest BCUT2D eigenvalue weighted by Gasteiger charge is -2.07. The highest BCUT2D eigenvalue weighted by molar-refractivity contribution is 5.76. The minimum Gasteiger partial charge on any atom is -0.340 e. The van der Waals surface area contributed by atoms with Crippen molar-refractivity contribution < 1.29 is 8.78 Å². The topological polar surface area (TPSA) is 70.3 Å². The predicted octanol–water partition coefficient (Wildman–Crippen LogP) is 3.62. The normalized spacial score (nSPS) is 10.9. The predicted molar refractivity (Wildman–Crippen MR) is 87.5 cm³/mol. The van der Waals surface area contributed by atoms with Gasteiger partial charge in [-0.1, -0.05) is 0 Å². The first-order chi connectivity index (χ1) is 12.1. The van der Waals surface area contributed by atoms with Crippen LogP contribution < -0.4 is 0 Å². The Kier molecular flexibility index (Phi) is 3.51. The lowest BCUT2D eigenvalue weighted by Crippen LogP contribution is -2.04. The van der Waals surface area contributed by atoms with E-state index in [4.69, 9.17) is 5.26 Å². The third-order valence-electron chi connectivity index (χ3n) is 3.86. The molecular formula is C18H11F2N5. The van der Waals surface area contributed by atoms with Crippen LogP contribution >= 0.6 is 0 Å². The first kappa shape index (κ1) is 15.0. The summed E-state index contributed by atoms with van der Waals surface area (Å²) in [6, 6.07) is 10.5. The number of nitriles is 1. The Morgan fingerprint density at radius 2 is 2.04 bits per heavy atom. The van der Waals surface area contributed by atoms with Gasteiger partial charge in [0.05, 0.1) is 34.8 Å². The molecule has 0 aliphatic heterocycles. The first-order valence-corrected chi connectivity index (χ1v) is 7.49. The maximum atomic E-state index is 14.0. The van der Waals surface area contributed by atoms with Gasteiger partial charge in [-0.05, 0) is 36.4 Å². The standard InChI is InChI=1S/C18H11F2N5/c19-12-2-3-14(20)13(8-12)18-22-5-6-25(18)10-17-23-15-4-1-11(9-21)7-16(15)24-17/h1-8H,10H2,(H,23,24). The van der Waals surface area contributed by atoms with Crippen molar-refractivity contribution in [1.29, 1.82) is 5.26 Å². The van der Waals surface area contributed by atoms with Gasteiger partial charge in [-0.3, -0.25) is 0 Å². The molecule has 0 spiro atoms. The molecule has 0 aliphatic rings. The molecule has 0 saturated heterocycles. The van der Waals surface area contributed by atoms with Crippen LogP contribution in [0.1, 0.15) is 11.4 Å². The van der Waals surface area contributed by atoms with Gasteiger partial charge in [-0.15, -0.1) is 0 Å². The maximum absolute atomic E-state index is 14.0. The summed E-state index contributed by atoms with van der Waals surface area (Å²) in [7, 11) is 0. The average molecular weight is 335 g/mol. The summed E-state index contributed by atoms with van der Waals surface area (Å²) in [6.07, 6.45) is 3.20. The number of nitrogens with one attached hydrogen (secondary N) is 1. The Hall–Kier alpha value is -3.53. The largest absolute Gasteiger partial charge is 0.340 e. The molecule has 0 amide bonds. The molecular weight excluding hydrogens is 324 g/mol. The van der Waals surface area contributed by atoms with Crippen LogP contribution in [0.25, 0.3) is 22.4 Å². The van der Waals surface area contributed by atoms with E-state index >= 15 is 0 Å². The number of aromatic amines is 1. The third kappa shape index (κ3) is 2.74. The molecule has 7 heteroatoms. The van der Waals surface area contributed by atoms with E-state index in [1.54, 1.807) is 29.0 Å². The molecule has 25 heavy (non-hydrogen) atoms. The van der Waals surface area contributed by atoms with Crippen LogP contribution in [0.15, 0.2) is 48.8 Å². The van der Waals surface area contributed by atoms with E-state index in [0.29, 0.717) is 23.8 Å². The lowest BCUT2D eigenvalue weighted by molar-refractivity contribution is 0.600. The zero-order valence-corrected chi connectivity index (χ0v) is 12.9. The Morgan fingerprint density at radius 3 is 2.88 bits per heavy atom. The number of H-pyrrole nitrogens is 1. The quantitative estimate of drug-likeness (QED) is 0.621. The summed E-state index contributed by atoms with van der Waals surface area (Å²) in [5.41, 5.74) is 2.10. The maximum Gasteiger partial charge on any atom is 0.143 e. The summed E-state index contributed by atoms with van der Waals surface area (Å²) in [4.78, 5) is 11.7. The number of benzene rings is 2. The van der Waals surface area contributed by atoms with Gasteiger partial charge in [0.25, 0.3) is 0 Å². The van der Waals surface area contributed by atoms with Crippen LogP contribution in [0, 0.1) is 23.0 Å². The van der Waals surface area contributed by atoms with E-state index in [-0.39, 0.29) is 5.56 Å². The Morgan fingerprint density at radius 1 is 1.16 bits per heavy atom. The highest BCUT2D eigenvalue weighted by Crippen LogP contribution is 2.23. The van der Waals surface area contributed by atoms with E-state index in [1.807, 2.05) is 0 Å². The van der Waals surface area contributed by atoms with Gasteiger partial charge in [-0.2, -0.15) is 5.26 Å². The minimum atomic E-state index is -0.544. The summed E-state index contributed by atoms with van der Waals surface area (Å²) >= 11 is 0. The van der Waals surface area contributed by atoms with Crippen molar-refractivity contribution in [1.82, 2.24) is 19.5 Å². The molecule has 5 nitrogen and oxygen atoms in total. The fourth-order valence-electron chi connectivity index (χ4n) is 2.72. The molecule has 0 aliphatic carbocycles. The van der Waals surface area contributed by atoms with Crippen molar-refractivity contribution in [2.45, 2.75) is 6.54 Å². The molecule has 2 aromatic heterocycles. The number of fused-ring (bicyclic) bond motifs is 1. The van der Waals surface area contributed by atoms with E-state index in [9.17, 15) is 8.78 Å². The van der Waals surface area contributed by atoms with Crippen LogP contribution in [-0.2, 0) is 6.54 Å². The van der Waals surface area contributed by atoms with Gasteiger partial charge in [-0.25, -0.2) is 18.7 Å². The minimum absolute atomic E-state index is 0.0906. The average Bonchev–Trinajstić information content (AvgIpc) is 3.22. The molecule has 0 bridgehead atoms. The lowest BCUT2D eigenvalue weighted by atomic mass is 10.2. The number of aromatic nitrogens is 4. The fourth-order valence-corrected chi connectivity index (χ4v) is 2.72. The number of halogens is 2.